The number of aromatic nitrogens is 2. The van der Waals surface area contributed by atoms with Crippen molar-refractivity contribution in [2.24, 2.45) is 5.92 Å². The van der Waals surface area contributed by atoms with Crippen molar-refractivity contribution in [3.05, 3.63) is 41.1 Å². The third kappa shape index (κ3) is 3.22. The zero-order valence-corrected chi connectivity index (χ0v) is 14.4. The van der Waals surface area contributed by atoms with E-state index in [1.165, 1.54) is 0 Å². The van der Waals surface area contributed by atoms with Crippen molar-refractivity contribution in [2.45, 2.75) is 38.7 Å². The first-order valence-corrected chi connectivity index (χ1v) is 9.26. The molecule has 6 heteroatoms. The van der Waals surface area contributed by atoms with Crippen LogP contribution in [0.15, 0.2) is 24.3 Å². The second-order valence-electron chi connectivity index (χ2n) is 6.35. The van der Waals surface area contributed by atoms with Crippen LogP contribution < -0.4 is 5.32 Å². The molecule has 23 heavy (non-hydrogen) atoms. The van der Waals surface area contributed by atoms with Crippen LogP contribution in [0.2, 0.25) is 0 Å². The maximum atomic E-state index is 12.2. The van der Waals surface area contributed by atoms with Crippen LogP contribution in [0.5, 0.6) is 0 Å². The summed E-state index contributed by atoms with van der Waals surface area (Å²) in [5.74, 6) is 1.84. The van der Waals surface area contributed by atoms with Crippen LogP contribution in [0.4, 0.5) is 5.82 Å². The van der Waals surface area contributed by atoms with Crippen molar-refractivity contribution in [3.8, 4) is 5.69 Å². The van der Waals surface area contributed by atoms with E-state index in [9.17, 15) is 9.00 Å². The van der Waals surface area contributed by atoms with Crippen molar-refractivity contribution in [1.82, 2.24) is 9.78 Å². The molecule has 3 rings (SSSR count). The lowest BCUT2D eigenvalue weighted by Crippen LogP contribution is -2.18. The van der Waals surface area contributed by atoms with Gasteiger partial charge in [-0.25, -0.2) is 4.68 Å². The molecule has 1 aliphatic heterocycles. The number of carbonyl (C=O) groups excluding carboxylic acids is 1. The van der Waals surface area contributed by atoms with E-state index in [0.717, 1.165) is 22.5 Å². The second-order valence-corrected chi connectivity index (χ2v) is 7.80. The smallest absolute Gasteiger partial charge is 0.225 e. The Balaban J connectivity index is 2.04. The van der Waals surface area contributed by atoms with Gasteiger partial charge in [0.05, 0.1) is 22.9 Å². The summed E-state index contributed by atoms with van der Waals surface area (Å²) in [6.45, 7) is 6.04. The van der Waals surface area contributed by atoms with Gasteiger partial charge in [0.15, 0.2) is 0 Å². The highest BCUT2D eigenvalue weighted by molar-refractivity contribution is 7.83. The minimum absolute atomic E-state index is 0.0322. The number of para-hydroxylation sites is 1. The Morgan fingerprint density at radius 3 is 2.78 bits per heavy atom. The molecule has 1 aromatic carbocycles. The van der Waals surface area contributed by atoms with Gasteiger partial charge >= 0.3 is 0 Å². The molecule has 0 aliphatic carbocycles. The Labute approximate surface area is 138 Å². The summed E-state index contributed by atoms with van der Waals surface area (Å²) in [5.41, 5.74) is 3.75. The van der Waals surface area contributed by atoms with Crippen LogP contribution in [0, 0.1) is 12.8 Å². The van der Waals surface area contributed by atoms with Crippen LogP contribution in [-0.4, -0.2) is 19.9 Å². The predicted octanol–water partition coefficient (Wildman–Crippen LogP) is 2.93. The Morgan fingerprint density at radius 1 is 1.35 bits per heavy atom. The molecule has 1 amide bonds. The van der Waals surface area contributed by atoms with Crippen molar-refractivity contribution in [1.29, 1.82) is 0 Å². The molecule has 0 radical (unpaired) electrons. The number of carbonyl (C=O) groups is 1. The first-order chi connectivity index (χ1) is 11.0. The first kappa shape index (κ1) is 15.9. The molecule has 2 aromatic rings. The maximum absolute atomic E-state index is 12.2. The zero-order chi connectivity index (χ0) is 16.6. The highest BCUT2D eigenvalue weighted by Gasteiger charge is 2.28. The lowest BCUT2D eigenvalue weighted by atomic mass is 10.1. The number of benzene rings is 1. The van der Waals surface area contributed by atoms with Gasteiger partial charge in [0.2, 0.25) is 5.91 Å². The molecule has 1 N–H and O–H groups in total. The number of hydrogen-bond acceptors (Lipinski definition) is 3. The summed E-state index contributed by atoms with van der Waals surface area (Å²) in [6, 6.07) is 7.92. The Kier molecular flexibility index (Phi) is 4.35. The zero-order valence-electron chi connectivity index (χ0n) is 13.6. The van der Waals surface area contributed by atoms with Crippen LogP contribution in [0.25, 0.3) is 5.69 Å². The van der Waals surface area contributed by atoms with E-state index in [1.807, 2.05) is 45.0 Å². The quantitative estimate of drug-likeness (QED) is 0.937. The number of aryl methyl sites for hydroxylation is 1. The molecule has 1 aromatic heterocycles. The topological polar surface area (TPSA) is 64.0 Å². The van der Waals surface area contributed by atoms with E-state index >= 15 is 0 Å². The van der Waals surface area contributed by atoms with E-state index in [2.05, 4.69) is 10.4 Å². The molecule has 0 saturated heterocycles. The fraction of sp³-hybridized carbons (Fsp3) is 0.412. The molecule has 0 bridgehead atoms. The maximum Gasteiger partial charge on any atom is 0.225 e. The highest BCUT2D eigenvalue weighted by Crippen LogP contribution is 2.32. The fourth-order valence-electron chi connectivity index (χ4n) is 2.79. The van der Waals surface area contributed by atoms with Gasteiger partial charge in [0.1, 0.15) is 5.82 Å². The van der Waals surface area contributed by atoms with Gasteiger partial charge in [-0.15, -0.1) is 0 Å². The van der Waals surface area contributed by atoms with Gasteiger partial charge in [0, 0.05) is 22.8 Å². The van der Waals surface area contributed by atoms with Crippen LogP contribution in [0.1, 0.15) is 37.1 Å². The number of hydrogen-bond donors (Lipinski definition) is 1. The van der Waals surface area contributed by atoms with E-state index in [1.54, 1.807) is 4.68 Å². The van der Waals surface area contributed by atoms with Crippen molar-refractivity contribution >= 4 is 22.5 Å². The first-order valence-electron chi connectivity index (χ1n) is 7.77. The third-order valence-electron chi connectivity index (χ3n) is 3.86. The van der Waals surface area contributed by atoms with E-state index in [4.69, 9.17) is 0 Å². The Morgan fingerprint density at radius 2 is 2.09 bits per heavy atom. The molecular formula is C17H21N3O2S. The summed E-state index contributed by atoms with van der Waals surface area (Å²) in [5, 5.41) is 7.61. The molecule has 5 nitrogen and oxygen atoms in total. The standard InChI is InChI=1S/C17H21N3O2S/c1-11(2)8-16(21)18-17-13-9-23(22)10-14(13)19-20(17)15-7-5-4-6-12(15)3/h4-7,11H,8-10H2,1-3H3,(H,18,21)/t23-/m1/s1. The van der Waals surface area contributed by atoms with E-state index < -0.39 is 10.8 Å². The number of nitrogens with zero attached hydrogens (tertiary/aromatic N) is 2. The van der Waals surface area contributed by atoms with Crippen molar-refractivity contribution in [3.63, 3.8) is 0 Å². The molecule has 0 unspecified atom stereocenters. The van der Waals surface area contributed by atoms with Crippen LogP contribution in [0.3, 0.4) is 0 Å². The number of fused-ring (bicyclic) bond motifs is 1. The van der Waals surface area contributed by atoms with Crippen LogP contribution >= 0.6 is 0 Å². The lowest BCUT2D eigenvalue weighted by molar-refractivity contribution is -0.116. The summed E-state index contributed by atoms with van der Waals surface area (Å²) >= 11 is 0. The van der Waals surface area contributed by atoms with Gasteiger partial charge < -0.3 is 5.32 Å². The summed E-state index contributed by atoms with van der Waals surface area (Å²) in [7, 11) is -0.921. The number of rotatable bonds is 4. The molecule has 2 heterocycles. The number of amides is 1. The van der Waals surface area contributed by atoms with E-state index in [-0.39, 0.29) is 11.8 Å². The normalized spacial score (nSPS) is 16.6. The summed E-state index contributed by atoms with van der Waals surface area (Å²) < 4.78 is 13.6. The van der Waals surface area contributed by atoms with Gasteiger partial charge in [-0.3, -0.25) is 9.00 Å². The number of nitrogens with one attached hydrogen (secondary N) is 1. The van der Waals surface area contributed by atoms with Crippen LogP contribution in [-0.2, 0) is 27.1 Å². The molecule has 0 spiro atoms. The molecular weight excluding hydrogens is 310 g/mol. The summed E-state index contributed by atoms with van der Waals surface area (Å²) in [4.78, 5) is 12.2. The van der Waals surface area contributed by atoms with Gasteiger partial charge in [-0.05, 0) is 24.5 Å². The summed E-state index contributed by atoms with van der Waals surface area (Å²) in [6.07, 6.45) is 0.455. The largest absolute Gasteiger partial charge is 0.310 e. The second kappa shape index (κ2) is 6.28. The van der Waals surface area contributed by atoms with E-state index in [0.29, 0.717) is 23.7 Å². The molecule has 1 aliphatic rings. The fourth-order valence-corrected chi connectivity index (χ4v) is 4.05. The molecule has 0 saturated carbocycles. The SMILES string of the molecule is Cc1ccccc1-n1nc2c(c1NC(=O)CC(C)C)C[S@@](=O)C2. The molecule has 0 fully saturated rings. The van der Waals surface area contributed by atoms with Gasteiger partial charge in [0.25, 0.3) is 0 Å². The monoisotopic (exact) mass is 331 g/mol. The predicted molar refractivity (Wildman–Crippen MR) is 91.9 cm³/mol. The average molecular weight is 331 g/mol. The van der Waals surface area contributed by atoms with Crippen molar-refractivity contribution in [2.75, 3.05) is 5.32 Å². The average Bonchev–Trinajstić information content (AvgIpc) is 2.96. The minimum atomic E-state index is -0.921. The van der Waals surface area contributed by atoms with Gasteiger partial charge in [-0.1, -0.05) is 32.0 Å². The molecule has 1 atom stereocenters. The Hall–Kier alpha value is -1.95. The molecule has 122 valence electrons. The highest BCUT2D eigenvalue weighted by atomic mass is 32.2. The van der Waals surface area contributed by atoms with Gasteiger partial charge in [-0.2, -0.15) is 5.10 Å². The minimum Gasteiger partial charge on any atom is -0.310 e. The third-order valence-corrected chi connectivity index (χ3v) is 5.07. The van der Waals surface area contributed by atoms with Crippen molar-refractivity contribution < 1.29 is 9.00 Å². The number of anilines is 1. The Bertz CT molecular complexity index is 780. The lowest BCUT2D eigenvalue weighted by Gasteiger charge is -2.13.